The maximum Gasteiger partial charge on any atom is 0.337 e. The quantitative estimate of drug-likeness (QED) is 0.341. The van der Waals surface area contributed by atoms with Crippen LogP contribution < -0.4 is 4.74 Å². The van der Waals surface area contributed by atoms with Gasteiger partial charge >= 0.3 is 5.97 Å². The van der Waals surface area contributed by atoms with E-state index in [1.165, 1.54) is 18.5 Å². The van der Waals surface area contributed by atoms with Gasteiger partial charge in [0.05, 0.1) is 37.4 Å². The molecule has 1 heterocycles. The molecule has 0 bridgehead atoms. The van der Waals surface area contributed by atoms with E-state index < -0.39 is 10.0 Å². The summed E-state index contributed by atoms with van der Waals surface area (Å²) in [7, 11) is -0.747. The molecule has 1 aliphatic rings. The van der Waals surface area contributed by atoms with Crippen LogP contribution in [0.1, 0.15) is 27.6 Å². The highest BCUT2D eigenvalue weighted by Crippen LogP contribution is 2.25. The first-order valence-corrected chi connectivity index (χ1v) is 14.0. The van der Waals surface area contributed by atoms with Gasteiger partial charge in [-0.2, -0.15) is 4.31 Å². The molecule has 10 heteroatoms. The number of methoxy groups -OCH3 is 2. The number of benzene rings is 3. The Morgan fingerprint density at radius 3 is 2.26 bits per heavy atom. The number of sulfonamides is 1. The first-order valence-electron chi connectivity index (χ1n) is 12.2. The molecule has 0 unspecified atom stereocenters. The van der Waals surface area contributed by atoms with Gasteiger partial charge in [0, 0.05) is 43.8 Å². The third kappa shape index (κ3) is 6.92. The molecular weight excluding hydrogens is 528 g/mol. The minimum Gasteiger partial charge on any atom is -0.497 e. The number of piperazine rings is 1. The van der Waals surface area contributed by atoms with Gasteiger partial charge < -0.3 is 14.2 Å². The van der Waals surface area contributed by atoms with Crippen LogP contribution in [-0.2, 0) is 26.1 Å². The Kier molecular flexibility index (Phi) is 9.40. The van der Waals surface area contributed by atoms with Crippen molar-refractivity contribution in [1.82, 2.24) is 9.21 Å². The summed E-state index contributed by atoms with van der Waals surface area (Å²) in [5.41, 5.74) is 2.38. The number of hydrogen-bond donors (Lipinski definition) is 0. The van der Waals surface area contributed by atoms with E-state index in [0.717, 1.165) is 11.1 Å². The molecule has 202 valence electrons. The van der Waals surface area contributed by atoms with Gasteiger partial charge in [-0.05, 0) is 47.5 Å². The number of esters is 1. The highest BCUT2D eigenvalue weighted by molar-refractivity contribution is 7.89. The highest BCUT2D eigenvalue weighted by Gasteiger charge is 2.30. The predicted molar refractivity (Wildman–Crippen MR) is 145 cm³/mol. The Morgan fingerprint density at radius 2 is 1.63 bits per heavy atom. The van der Waals surface area contributed by atoms with Crippen molar-refractivity contribution in [3.63, 3.8) is 0 Å². The first-order chi connectivity index (χ1) is 18.3. The molecule has 1 atom stereocenters. The maximum absolute atomic E-state index is 13.2. The van der Waals surface area contributed by atoms with Crippen molar-refractivity contribution in [2.45, 2.75) is 17.6 Å². The topological polar surface area (TPSA) is 85.4 Å². The van der Waals surface area contributed by atoms with E-state index in [4.69, 9.17) is 25.8 Å². The van der Waals surface area contributed by atoms with Crippen LogP contribution in [0.5, 0.6) is 5.75 Å². The van der Waals surface area contributed by atoms with Crippen molar-refractivity contribution in [3.05, 3.63) is 94.5 Å². The molecule has 0 aromatic heterocycles. The SMILES string of the molecule is COC(=O)c1ccc(CO[C@@H](CN2CCN(S(=O)(=O)c3cccc(OC)c3)CC2)c2ccc(Cl)cc2)cc1. The summed E-state index contributed by atoms with van der Waals surface area (Å²) in [6.07, 6.45) is -0.255. The zero-order chi connectivity index (χ0) is 27.1. The number of ether oxygens (including phenoxy) is 3. The summed E-state index contributed by atoms with van der Waals surface area (Å²) in [4.78, 5) is 14.1. The van der Waals surface area contributed by atoms with Crippen molar-refractivity contribution in [3.8, 4) is 5.75 Å². The molecule has 3 aromatic carbocycles. The van der Waals surface area contributed by atoms with E-state index in [1.807, 2.05) is 36.4 Å². The third-order valence-electron chi connectivity index (χ3n) is 6.50. The summed E-state index contributed by atoms with van der Waals surface area (Å²) < 4.78 is 44.1. The Hall–Kier alpha value is -2.95. The smallest absolute Gasteiger partial charge is 0.337 e. The van der Waals surface area contributed by atoms with Gasteiger partial charge in [-0.15, -0.1) is 0 Å². The molecule has 0 amide bonds. The molecule has 0 spiro atoms. The lowest BCUT2D eigenvalue weighted by Crippen LogP contribution is -2.49. The zero-order valence-corrected chi connectivity index (χ0v) is 23.0. The average molecular weight is 559 g/mol. The van der Waals surface area contributed by atoms with E-state index in [1.54, 1.807) is 36.4 Å². The minimum atomic E-state index is -3.61. The van der Waals surface area contributed by atoms with Crippen molar-refractivity contribution in [2.75, 3.05) is 46.9 Å². The van der Waals surface area contributed by atoms with Gasteiger partial charge in [0.2, 0.25) is 10.0 Å². The van der Waals surface area contributed by atoms with Crippen LogP contribution in [0.2, 0.25) is 5.02 Å². The third-order valence-corrected chi connectivity index (χ3v) is 8.65. The number of carbonyl (C=O) groups excluding carboxylic acids is 1. The van der Waals surface area contributed by atoms with Crippen molar-refractivity contribution < 1.29 is 27.4 Å². The van der Waals surface area contributed by atoms with Crippen LogP contribution in [0, 0.1) is 0 Å². The zero-order valence-electron chi connectivity index (χ0n) is 21.4. The largest absolute Gasteiger partial charge is 0.497 e. The first kappa shape index (κ1) is 28.1. The second-order valence-electron chi connectivity index (χ2n) is 8.92. The average Bonchev–Trinajstić information content (AvgIpc) is 2.96. The maximum atomic E-state index is 13.2. The highest BCUT2D eigenvalue weighted by atomic mass is 35.5. The molecule has 1 saturated heterocycles. The molecular formula is C28H31ClN2O6S. The van der Waals surface area contributed by atoms with Crippen LogP contribution in [0.15, 0.2) is 77.7 Å². The molecule has 0 aliphatic carbocycles. The second kappa shape index (κ2) is 12.7. The summed E-state index contributed by atoms with van der Waals surface area (Å²) in [5, 5.41) is 0.641. The van der Waals surface area contributed by atoms with Gasteiger partial charge in [-0.1, -0.05) is 41.9 Å². The Balaban J connectivity index is 1.41. The van der Waals surface area contributed by atoms with E-state index >= 15 is 0 Å². The standard InChI is InChI=1S/C28H31ClN2O6S/c1-35-25-4-3-5-26(18-25)38(33,34)31-16-14-30(15-17-31)19-27(22-10-12-24(29)13-11-22)37-20-21-6-8-23(9-7-21)28(32)36-2/h3-13,18,27H,14-17,19-20H2,1-2H3/t27-/m0/s1. The normalized spacial score (nSPS) is 15.7. The summed E-state index contributed by atoms with van der Waals surface area (Å²) in [5.74, 6) is 0.122. The second-order valence-corrected chi connectivity index (χ2v) is 11.3. The van der Waals surface area contributed by atoms with Gasteiger partial charge in [-0.3, -0.25) is 4.90 Å². The van der Waals surface area contributed by atoms with E-state index in [-0.39, 0.29) is 17.0 Å². The monoisotopic (exact) mass is 558 g/mol. The van der Waals surface area contributed by atoms with Gasteiger partial charge in [0.25, 0.3) is 0 Å². The summed E-state index contributed by atoms with van der Waals surface area (Å²) >= 11 is 6.10. The lowest BCUT2D eigenvalue weighted by molar-refractivity contribution is 0.00771. The fraction of sp³-hybridized carbons (Fsp3) is 0.321. The van der Waals surface area contributed by atoms with Crippen molar-refractivity contribution in [1.29, 1.82) is 0 Å². The fourth-order valence-corrected chi connectivity index (χ4v) is 5.86. The van der Waals surface area contributed by atoms with Crippen LogP contribution >= 0.6 is 11.6 Å². The lowest BCUT2D eigenvalue weighted by atomic mass is 10.1. The number of hydrogen-bond acceptors (Lipinski definition) is 7. The molecule has 8 nitrogen and oxygen atoms in total. The molecule has 0 radical (unpaired) electrons. The van der Waals surface area contributed by atoms with Gasteiger partial charge in [-0.25, -0.2) is 13.2 Å². The van der Waals surface area contributed by atoms with Crippen LogP contribution in [0.4, 0.5) is 0 Å². The van der Waals surface area contributed by atoms with Crippen LogP contribution in [-0.4, -0.2) is 70.5 Å². The van der Waals surface area contributed by atoms with Crippen molar-refractivity contribution in [2.24, 2.45) is 0 Å². The molecule has 0 N–H and O–H groups in total. The summed E-state index contributed by atoms with van der Waals surface area (Å²) in [6, 6.07) is 21.2. The van der Waals surface area contributed by atoms with E-state index in [9.17, 15) is 13.2 Å². The Labute approximate surface area is 228 Å². The van der Waals surface area contributed by atoms with Crippen molar-refractivity contribution >= 4 is 27.6 Å². The van der Waals surface area contributed by atoms with E-state index in [2.05, 4.69) is 4.90 Å². The number of carbonyl (C=O) groups is 1. The molecule has 4 rings (SSSR count). The number of halogens is 1. The summed E-state index contributed by atoms with van der Waals surface area (Å²) in [6.45, 7) is 2.84. The molecule has 38 heavy (non-hydrogen) atoms. The fourth-order valence-electron chi connectivity index (χ4n) is 4.28. The predicted octanol–water partition coefficient (Wildman–Crippen LogP) is 4.40. The number of nitrogens with zero attached hydrogens (tertiary/aromatic N) is 2. The van der Waals surface area contributed by atoms with Gasteiger partial charge in [0.1, 0.15) is 5.75 Å². The van der Waals surface area contributed by atoms with Gasteiger partial charge in [0.15, 0.2) is 0 Å². The number of rotatable bonds is 10. The van der Waals surface area contributed by atoms with Crippen LogP contribution in [0.25, 0.3) is 0 Å². The lowest BCUT2D eigenvalue weighted by Gasteiger charge is -2.36. The molecule has 1 fully saturated rings. The Morgan fingerprint density at radius 1 is 0.947 bits per heavy atom. The minimum absolute atomic E-state index is 0.228. The molecule has 3 aromatic rings. The molecule has 1 aliphatic heterocycles. The Bertz CT molecular complexity index is 1320. The molecule has 0 saturated carbocycles. The van der Waals surface area contributed by atoms with E-state index in [0.29, 0.717) is 55.7 Å². The van der Waals surface area contributed by atoms with Crippen LogP contribution in [0.3, 0.4) is 0 Å².